The van der Waals surface area contributed by atoms with Crippen LogP contribution in [0.25, 0.3) is 0 Å². The van der Waals surface area contributed by atoms with Gasteiger partial charge in [0.25, 0.3) is 0 Å². The number of Topliss-reactive ketones (excluding diaryl/α,β-unsaturated/α-hetero) is 1. The van der Waals surface area contributed by atoms with Crippen molar-refractivity contribution in [3.8, 4) is 0 Å². The van der Waals surface area contributed by atoms with E-state index in [1.54, 1.807) is 12.4 Å². The van der Waals surface area contributed by atoms with Gasteiger partial charge in [-0.15, -0.1) is 0 Å². The largest absolute Gasteiger partial charge is 0.342 e. The van der Waals surface area contributed by atoms with Crippen molar-refractivity contribution in [2.45, 2.75) is 6.42 Å². The number of aromatic nitrogens is 2. The molecule has 0 aliphatic carbocycles. The highest BCUT2D eigenvalue weighted by atomic mass is 16.1. The second kappa shape index (κ2) is 3.87. The number of benzene rings is 1. The van der Waals surface area contributed by atoms with Crippen LogP contribution in [0.2, 0.25) is 0 Å². The molecule has 0 unspecified atom stereocenters. The summed E-state index contributed by atoms with van der Waals surface area (Å²) in [5.41, 5.74) is 1.01. The summed E-state index contributed by atoms with van der Waals surface area (Å²) in [4.78, 5) is 18.3. The van der Waals surface area contributed by atoms with E-state index in [0.29, 0.717) is 12.2 Å². The van der Waals surface area contributed by atoms with E-state index < -0.39 is 0 Å². The first-order valence-electron chi connectivity index (χ1n) is 4.43. The molecule has 2 rings (SSSR count). The van der Waals surface area contributed by atoms with Crippen molar-refractivity contribution in [1.82, 2.24) is 9.97 Å². The number of imidazole rings is 1. The molecule has 1 heterocycles. The first kappa shape index (κ1) is 8.69. The lowest BCUT2D eigenvalue weighted by atomic mass is 10.1. The topological polar surface area (TPSA) is 45.8 Å². The zero-order valence-corrected chi connectivity index (χ0v) is 7.60. The third-order valence-electron chi connectivity index (χ3n) is 1.97. The number of carbonyl (C=O) groups excluding carboxylic acids is 1. The summed E-state index contributed by atoms with van der Waals surface area (Å²) in [5, 5.41) is 0. The molecule has 3 heteroatoms. The number of carbonyl (C=O) groups is 1. The molecule has 0 bridgehead atoms. The van der Waals surface area contributed by atoms with Gasteiger partial charge in [-0.3, -0.25) is 4.79 Å². The fourth-order valence-electron chi connectivity index (χ4n) is 1.28. The lowest BCUT2D eigenvalue weighted by Crippen LogP contribution is -2.05. The number of nitrogens with one attached hydrogen (secondary N) is 1. The molecule has 0 fully saturated rings. The lowest BCUT2D eigenvalue weighted by Gasteiger charge is -1.97. The molecular formula is C11H10N2O. The maximum Gasteiger partial charge on any atom is 0.202 e. The highest BCUT2D eigenvalue weighted by molar-refractivity contribution is 5.94. The summed E-state index contributed by atoms with van der Waals surface area (Å²) in [5.74, 6) is 0.440. The first-order chi connectivity index (χ1) is 6.86. The number of rotatable bonds is 3. The average molecular weight is 186 g/mol. The van der Waals surface area contributed by atoms with Crippen LogP contribution in [0, 0.1) is 0 Å². The van der Waals surface area contributed by atoms with Crippen LogP contribution >= 0.6 is 0 Å². The Labute approximate surface area is 81.8 Å². The van der Waals surface area contributed by atoms with Gasteiger partial charge in [-0.25, -0.2) is 4.98 Å². The fourth-order valence-corrected chi connectivity index (χ4v) is 1.28. The van der Waals surface area contributed by atoms with E-state index in [2.05, 4.69) is 9.97 Å². The maximum atomic E-state index is 11.6. The molecule has 3 nitrogen and oxygen atoms in total. The van der Waals surface area contributed by atoms with Gasteiger partial charge in [0, 0.05) is 18.8 Å². The summed E-state index contributed by atoms with van der Waals surface area (Å²) >= 11 is 0. The van der Waals surface area contributed by atoms with Gasteiger partial charge in [0.1, 0.15) is 0 Å². The van der Waals surface area contributed by atoms with Crippen molar-refractivity contribution in [2.24, 2.45) is 0 Å². The molecule has 14 heavy (non-hydrogen) atoms. The number of hydrogen-bond acceptors (Lipinski definition) is 2. The van der Waals surface area contributed by atoms with E-state index in [0.717, 1.165) is 5.56 Å². The molecule has 0 amide bonds. The molecule has 1 aromatic heterocycles. The van der Waals surface area contributed by atoms with Crippen LogP contribution in [0.5, 0.6) is 0 Å². The molecule has 1 aromatic carbocycles. The van der Waals surface area contributed by atoms with Crippen LogP contribution < -0.4 is 0 Å². The van der Waals surface area contributed by atoms with Gasteiger partial charge in [-0.05, 0) is 5.56 Å². The highest BCUT2D eigenvalue weighted by Gasteiger charge is 2.07. The predicted molar refractivity (Wildman–Crippen MR) is 53.1 cm³/mol. The van der Waals surface area contributed by atoms with E-state index in [1.807, 2.05) is 30.3 Å². The van der Waals surface area contributed by atoms with Crippen molar-refractivity contribution < 1.29 is 4.79 Å². The molecule has 0 saturated carbocycles. The van der Waals surface area contributed by atoms with Crippen molar-refractivity contribution in [3.63, 3.8) is 0 Å². The van der Waals surface area contributed by atoms with Gasteiger partial charge >= 0.3 is 0 Å². The normalized spacial score (nSPS) is 10.0. The third kappa shape index (κ3) is 1.88. The number of H-pyrrole nitrogens is 1. The van der Waals surface area contributed by atoms with Crippen LogP contribution in [0.15, 0.2) is 42.7 Å². The van der Waals surface area contributed by atoms with Crippen molar-refractivity contribution >= 4 is 5.78 Å². The van der Waals surface area contributed by atoms with Crippen molar-refractivity contribution in [2.75, 3.05) is 0 Å². The minimum Gasteiger partial charge on any atom is -0.342 e. The quantitative estimate of drug-likeness (QED) is 0.743. The zero-order chi connectivity index (χ0) is 9.80. The van der Waals surface area contributed by atoms with E-state index in [4.69, 9.17) is 0 Å². The molecule has 0 atom stereocenters. The van der Waals surface area contributed by atoms with Crippen LogP contribution in [-0.2, 0) is 6.42 Å². The van der Waals surface area contributed by atoms with E-state index in [-0.39, 0.29) is 5.78 Å². The highest BCUT2D eigenvalue weighted by Crippen LogP contribution is 2.03. The Bertz CT molecular complexity index is 406. The molecule has 0 aliphatic heterocycles. The van der Waals surface area contributed by atoms with E-state index in [9.17, 15) is 4.79 Å². The summed E-state index contributed by atoms with van der Waals surface area (Å²) in [6.45, 7) is 0. The Morgan fingerprint density at radius 2 is 2.07 bits per heavy atom. The van der Waals surface area contributed by atoms with Crippen LogP contribution in [0.3, 0.4) is 0 Å². The Kier molecular flexibility index (Phi) is 2.40. The fraction of sp³-hybridized carbons (Fsp3) is 0.0909. The minimum absolute atomic E-state index is 0.0150. The number of ketones is 1. The number of nitrogens with zero attached hydrogens (tertiary/aromatic N) is 1. The molecule has 0 saturated heterocycles. The van der Waals surface area contributed by atoms with Gasteiger partial charge in [-0.2, -0.15) is 0 Å². The smallest absolute Gasteiger partial charge is 0.202 e. The van der Waals surface area contributed by atoms with Crippen molar-refractivity contribution in [1.29, 1.82) is 0 Å². The second-order valence-corrected chi connectivity index (χ2v) is 3.02. The van der Waals surface area contributed by atoms with Crippen LogP contribution in [0.1, 0.15) is 16.2 Å². The molecular weight excluding hydrogens is 176 g/mol. The predicted octanol–water partition coefficient (Wildman–Crippen LogP) is 1.84. The summed E-state index contributed by atoms with van der Waals surface area (Å²) in [7, 11) is 0. The average Bonchev–Trinajstić information content (AvgIpc) is 2.72. The monoisotopic (exact) mass is 186 g/mol. The Balaban J connectivity index is 2.10. The second-order valence-electron chi connectivity index (χ2n) is 3.02. The number of aromatic amines is 1. The lowest BCUT2D eigenvalue weighted by molar-refractivity contribution is 0.0984. The number of hydrogen-bond donors (Lipinski definition) is 1. The van der Waals surface area contributed by atoms with E-state index in [1.165, 1.54) is 0 Å². The Hall–Kier alpha value is -1.90. The van der Waals surface area contributed by atoms with Gasteiger partial charge in [0.15, 0.2) is 5.82 Å². The molecule has 2 aromatic rings. The zero-order valence-electron chi connectivity index (χ0n) is 7.60. The van der Waals surface area contributed by atoms with Crippen LogP contribution in [-0.4, -0.2) is 15.8 Å². The molecule has 0 radical (unpaired) electrons. The molecule has 0 aliphatic rings. The maximum absolute atomic E-state index is 11.6. The summed E-state index contributed by atoms with van der Waals surface area (Å²) in [6, 6.07) is 9.64. The molecule has 70 valence electrons. The van der Waals surface area contributed by atoms with Gasteiger partial charge in [-0.1, -0.05) is 30.3 Å². The summed E-state index contributed by atoms with van der Waals surface area (Å²) in [6.07, 6.45) is 3.63. The Morgan fingerprint density at radius 1 is 1.29 bits per heavy atom. The third-order valence-corrected chi connectivity index (χ3v) is 1.97. The standard InChI is InChI=1S/C11H10N2O/c14-10(11-12-6-7-13-11)8-9-4-2-1-3-5-9/h1-7H,8H2,(H,12,13). The molecule has 0 spiro atoms. The van der Waals surface area contributed by atoms with Crippen molar-refractivity contribution in [3.05, 3.63) is 54.1 Å². The Morgan fingerprint density at radius 3 is 2.71 bits per heavy atom. The van der Waals surface area contributed by atoms with Gasteiger partial charge < -0.3 is 4.98 Å². The van der Waals surface area contributed by atoms with Crippen LogP contribution in [0.4, 0.5) is 0 Å². The first-order valence-corrected chi connectivity index (χ1v) is 4.43. The molecule has 1 N–H and O–H groups in total. The summed E-state index contributed by atoms with van der Waals surface area (Å²) < 4.78 is 0. The van der Waals surface area contributed by atoms with Gasteiger partial charge in [0.2, 0.25) is 5.78 Å². The van der Waals surface area contributed by atoms with Gasteiger partial charge in [0.05, 0.1) is 0 Å². The SMILES string of the molecule is O=C(Cc1ccccc1)c1ncc[nH]1. The minimum atomic E-state index is 0.0150. The van der Waals surface area contributed by atoms with E-state index >= 15 is 0 Å².